The molecule has 0 bridgehead atoms. The van der Waals surface area contributed by atoms with Crippen molar-refractivity contribution in [2.24, 2.45) is 11.8 Å². The fourth-order valence-electron chi connectivity index (χ4n) is 3.58. The van der Waals surface area contributed by atoms with Crippen LogP contribution in [0.2, 0.25) is 0 Å². The molecular weight excluding hydrogens is 268 g/mol. The number of likely N-dealkylation sites (tertiary alicyclic amines) is 1. The molecule has 20 heavy (non-hydrogen) atoms. The molecule has 112 valence electrons. The number of hydrogen-bond acceptors (Lipinski definition) is 4. The van der Waals surface area contributed by atoms with Crippen molar-refractivity contribution in [3.63, 3.8) is 0 Å². The Morgan fingerprint density at radius 2 is 2.25 bits per heavy atom. The summed E-state index contributed by atoms with van der Waals surface area (Å²) in [7, 11) is 4.29. The largest absolute Gasteiger partial charge is 0.376 e. The number of hydrogen-bond donors (Lipinski definition) is 0. The number of thiophene rings is 1. The molecule has 2 aliphatic rings. The highest BCUT2D eigenvalue weighted by Gasteiger charge is 2.40. The van der Waals surface area contributed by atoms with Crippen LogP contribution in [0.4, 0.5) is 0 Å². The summed E-state index contributed by atoms with van der Waals surface area (Å²) in [5.41, 5.74) is 0. The molecule has 4 heteroatoms. The van der Waals surface area contributed by atoms with Crippen molar-refractivity contribution in [1.29, 1.82) is 0 Å². The minimum atomic E-state index is 0.433. The van der Waals surface area contributed by atoms with Crippen molar-refractivity contribution < 1.29 is 4.74 Å². The topological polar surface area (TPSA) is 15.7 Å². The highest BCUT2D eigenvalue weighted by molar-refractivity contribution is 7.11. The Labute approximate surface area is 126 Å². The van der Waals surface area contributed by atoms with Crippen molar-refractivity contribution in [2.75, 3.05) is 40.3 Å². The van der Waals surface area contributed by atoms with Gasteiger partial charge in [0, 0.05) is 35.3 Å². The van der Waals surface area contributed by atoms with Gasteiger partial charge in [0.05, 0.1) is 12.7 Å². The quantitative estimate of drug-likeness (QED) is 0.848. The lowest BCUT2D eigenvalue weighted by molar-refractivity contribution is 0.0545. The van der Waals surface area contributed by atoms with E-state index in [1.807, 2.05) is 11.3 Å². The number of nitrogens with zero attached hydrogens (tertiary/aromatic N) is 2. The summed E-state index contributed by atoms with van der Waals surface area (Å²) < 4.78 is 6.05. The van der Waals surface area contributed by atoms with Crippen molar-refractivity contribution in [2.45, 2.75) is 26.0 Å². The van der Waals surface area contributed by atoms with Gasteiger partial charge in [-0.15, -0.1) is 11.3 Å². The lowest BCUT2D eigenvalue weighted by Gasteiger charge is -2.36. The molecule has 2 aliphatic heterocycles. The van der Waals surface area contributed by atoms with Gasteiger partial charge < -0.3 is 9.64 Å². The summed E-state index contributed by atoms with van der Waals surface area (Å²) in [6, 6.07) is 4.52. The molecule has 3 atom stereocenters. The van der Waals surface area contributed by atoms with E-state index in [9.17, 15) is 0 Å². The van der Waals surface area contributed by atoms with E-state index in [0.717, 1.165) is 31.5 Å². The van der Waals surface area contributed by atoms with Crippen molar-refractivity contribution in [1.82, 2.24) is 9.80 Å². The molecule has 0 aromatic carbocycles. The SMILES string of the molecule is Cc1ccc(CN2CC[C@H]3CO[C@H](CN(C)C)[C@H]3C2)s1. The zero-order valence-corrected chi connectivity index (χ0v) is 13.7. The molecule has 3 rings (SSSR count). The van der Waals surface area contributed by atoms with Crippen LogP contribution >= 0.6 is 11.3 Å². The number of piperidine rings is 1. The van der Waals surface area contributed by atoms with Crippen LogP contribution in [0.15, 0.2) is 12.1 Å². The monoisotopic (exact) mass is 294 g/mol. The van der Waals surface area contributed by atoms with Crippen LogP contribution < -0.4 is 0 Å². The molecule has 3 heterocycles. The van der Waals surface area contributed by atoms with Gasteiger partial charge in [0.25, 0.3) is 0 Å². The smallest absolute Gasteiger partial charge is 0.0745 e. The third-order valence-electron chi connectivity index (χ3n) is 4.61. The summed E-state index contributed by atoms with van der Waals surface area (Å²) in [6.07, 6.45) is 1.74. The molecule has 0 saturated carbocycles. The average Bonchev–Trinajstić information content (AvgIpc) is 2.96. The maximum absolute atomic E-state index is 6.05. The van der Waals surface area contributed by atoms with Crippen LogP contribution in [0.25, 0.3) is 0 Å². The van der Waals surface area contributed by atoms with Gasteiger partial charge in [0.15, 0.2) is 0 Å². The number of aryl methyl sites for hydroxylation is 1. The number of ether oxygens (including phenoxy) is 1. The Balaban J connectivity index is 1.60. The normalized spacial score (nSPS) is 30.9. The molecule has 2 fully saturated rings. The molecule has 2 saturated heterocycles. The molecule has 0 radical (unpaired) electrons. The Bertz CT molecular complexity index is 445. The second-order valence-corrected chi connectivity index (χ2v) is 7.97. The van der Waals surface area contributed by atoms with Crippen LogP contribution in [0.5, 0.6) is 0 Å². The maximum atomic E-state index is 6.05. The van der Waals surface area contributed by atoms with E-state index in [1.165, 1.54) is 29.3 Å². The van der Waals surface area contributed by atoms with Crippen LogP contribution in [-0.4, -0.2) is 56.2 Å². The van der Waals surface area contributed by atoms with Crippen molar-refractivity contribution >= 4 is 11.3 Å². The van der Waals surface area contributed by atoms with E-state index < -0.39 is 0 Å². The van der Waals surface area contributed by atoms with E-state index in [0.29, 0.717) is 6.10 Å². The molecule has 1 aromatic rings. The lowest BCUT2D eigenvalue weighted by Crippen LogP contribution is -2.44. The summed E-state index contributed by atoms with van der Waals surface area (Å²) in [4.78, 5) is 7.81. The fraction of sp³-hybridized carbons (Fsp3) is 0.750. The van der Waals surface area contributed by atoms with Gasteiger partial charge in [0.1, 0.15) is 0 Å². The second kappa shape index (κ2) is 6.14. The highest BCUT2D eigenvalue weighted by atomic mass is 32.1. The number of fused-ring (bicyclic) bond motifs is 1. The predicted molar refractivity (Wildman–Crippen MR) is 84.2 cm³/mol. The van der Waals surface area contributed by atoms with Crippen LogP contribution in [0, 0.1) is 18.8 Å². The minimum absolute atomic E-state index is 0.433. The molecule has 0 unspecified atom stereocenters. The van der Waals surface area contributed by atoms with Crippen molar-refractivity contribution in [3.05, 3.63) is 21.9 Å². The van der Waals surface area contributed by atoms with Gasteiger partial charge in [-0.2, -0.15) is 0 Å². The molecule has 0 aliphatic carbocycles. The number of likely N-dealkylation sites (N-methyl/N-ethyl adjacent to an activating group) is 1. The number of rotatable bonds is 4. The molecule has 0 N–H and O–H groups in total. The van der Waals surface area contributed by atoms with Gasteiger partial charge in [-0.05, 0) is 52.0 Å². The summed E-state index contributed by atoms with van der Waals surface area (Å²) in [6.45, 7) is 7.80. The zero-order valence-electron chi connectivity index (χ0n) is 12.8. The molecule has 3 nitrogen and oxygen atoms in total. The van der Waals surface area contributed by atoms with E-state index >= 15 is 0 Å². The zero-order chi connectivity index (χ0) is 14.1. The molecule has 1 aromatic heterocycles. The van der Waals surface area contributed by atoms with Gasteiger partial charge in [-0.3, -0.25) is 4.90 Å². The summed E-state index contributed by atoms with van der Waals surface area (Å²) in [5.74, 6) is 1.52. The first-order valence-corrected chi connectivity index (χ1v) is 8.47. The third kappa shape index (κ3) is 3.25. The van der Waals surface area contributed by atoms with Gasteiger partial charge in [-0.25, -0.2) is 0 Å². The Kier molecular flexibility index (Phi) is 4.46. The van der Waals surface area contributed by atoms with E-state index in [4.69, 9.17) is 4.74 Å². The molecule has 0 spiro atoms. The van der Waals surface area contributed by atoms with Crippen LogP contribution in [0.3, 0.4) is 0 Å². The van der Waals surface area contributed by atoms with Crippen LogP contribution in [0.1, 0.15) is 16.2 Å². The standard InChI is InChI=1S/C16H26N2OS/c1-12-4-5-14(20-12)8-18-7-6-13-11-19-16(10-17(2)3)15(13)9-18/h4-5,13,15-16H,6-11H2,1-3H3/t13-,15-,16+/m0/s1. The fourth-order valence-corrected chi connectivity index (χ4v) is 4.51. The third-order valence-corrected chi connectivity index (χ3v) is 5.60. The van der Waals surface area contributed by atoms with E-state index in [1.54, 1.807) is 0 Å². The van der Waals surface area contributed by atoms with Gasteiger partial charge in [0.2, 0.25) is 0 Å². The van der Waals surface area contributed by atoms with Crippen molar-refractivity contribution in [3.8, 4) is 0 Å². The Hall–Kier alpha value is -0.420. The van der Waals surface area contributed by atoms with Gasteiger partial charge in [-0.1, -0.05) is 0 Å². The Morgan fingerprint density at radius 3 is 2.95 bits per heavy atom. The van der Waals surface area contributed by atoms with Crippen LogP contribution in [-0.2, 0) is 11.3 Å². The minimum Gasteiger partial charge on any atom is -0.376 e. The first-order chi connectivity index (χ1) is 9.61. The summed E-state index contributed by atoms with van der Waals surface area (Å²) >= 11 is 1.94. The average molecular weight is 294 g/mol. The second-order valence-electron chi connectivity index (χ2n) is 6.59. The highest BCUT2D eigenvalue weighted by Crippen LogP contribution is 2.35. The van der Waals surface area contributed by atoms with E-state index in [-0.39, 0.29) is 0 Å². The summed E-state index contributed by atoms with van der Waals surface area (Å²) in [5, 5.41) is 0. The molecule has 0 amide bonds. The Morgan fingerprint density at radius 1 is 1.40 bits per heavy atom. The van der Waals surface area contributed by atoms with Gasteiger partial charge >= 0.3 is 0 Å². The first-order valence-electron chi connectivity index (χ1n) is 7.66. The first kappa shape index (κ1) is 14.5. The predicted octanol–water partition coefficient (Wildman–Crippen LogP) is 2.46. The maximum Gasteiger partial charge on any atom is 0.0745 e. The van der Waals surface area contributed by atoms with E-state index in [2.05, 4.69) is 43.0 Å². The molecular formula is C16H26N2OS. The lowest BCUT2D eigenvalue weighted by atomic mass is 9.84.